The second kappa shape index (κ2) is 5.83. The third-order valence-electron chi connectivity index (χ3n) is 2.98. The van der Waals surface area contributed by atoms with Crippen LogP contribution in [0.5, 0.6) is 5.88 Å². The quantitative estimate of drug-likeness (QED) is 0.895. The highest BCUT2D eigenvalue weighted by Crippen LogP contribution is 2.25. The van der Waals surface area contributed by atoms with Gasteiger partial charge in [-0.2, -0.15) is 4.98 Å². The van der Waals surface area contributed by atoms with Gasteiger partial charge in [0.1, 0.15) is 17.2 Å². The zero-order valence-electron chi connectivity index (χ0n) is 11.2. The molecule has 1 atom stereocenters. The maximum absolute atomic E-state index is 13.7. The first kappa shape index (κ1) is 14.2. The van der Waals surface area contributed by atoms with Crippen LogP contribution in [0, 0.1) is 5.82 Å². The summed E-state index contributed by atoms with van der Waals surface area (Å²) in [6, 6.07) is 5.72. The van der Waals surface area contributed by atoms with E-state index in [0.29, 0.717) is 12.2 Å². The second-order valence-corrected chi connectivity index (χ2v) is 4.44. The number of aromatic hydroxyl groups is 1. The Morgan fingerprint density at radius 3 is 2.75 bits per heavy atom. The number of benzene rings is 1. The van der Waals surface area contributed by atoms with E-state index >= 15 is 0 Å². The van der Waals surface area contributed by atoms with Crippen LogP contribution in [-0.4, -0.2) is 28.3 Å². The SMILES string of the molecule is COC(C)Cc1nc(O)c(-c2ccccc2F)c(=O)[nH]1. The molecule has 1 aromatic carbocycles. The van der Waals surface area contributed by atoms with E-state index in [1.54, 1.807) is 6.07 Å². The number of aromatic nitrogens is 2. The molecule has 2 rings (SSSR count). The first-order chi connectivity index (χ1) is 9.52. The zero-order chi connectivity index (χ0) is 14.7. The molecule has 0 spiro atoms. The van der Waals surface area contributed by atoms with Crippen LogP contribution in [0.3, 0.4) is 0 Å². The van der Waals surface area contributed by atoms with E-state index in [4.69, 9.17) is 4.74 Å². The summed E-state index contributed by atoms with van der Waals surface area (Å²) in [5.74, 6) is -0.785. The summed E-state index contributed by atoms with van der Waals surface area (Å²) in [6.07, 6.45) is 0.188. The van der Waals surface area contributed by atoms with E-state index in [2.05, 4.69) is 9.97 Å². The molecule has 1 aromatic heterocycles. The molecule has 0 fully saturated rings. The Morgan fingerprint density at radius 1 is 1.45 bits per heavy atom. The van der Waals surface area contributed by atoms with Crippen LogP contribution in [0.4, 0.5) is 4.39 Å². The molecule has 1 heterocycles. The first-order valence-electron chi connectivity index (χ1n) is 6.12. The monoisotopic (exact) mass is 278 g/mol. The lowest BCUT2D eigenvalue weighted by Gasteiger charge is -2.10. The minimum absolute atomic E-state index is 0.0186. The molecule has 1 unspecified atom stereocenters. The van der Waals surface area contributed by atoms with Gasteiger partial charge in [0, 0.05) is 19.1 Å². The number of hydrogen-bond acceptors (Lipinski definition) is 4. The van der Waals surface area contributed by atoms with Crippen molar-refractivity contribution in [3.63, 3.8) is 0 Å². The number of nitrogens with one attached hydrogen (secondary N) is 1. The number of halogens is 1. The molecule has 2 aromatic rings. The average Bonchev–Trinajstić information content (AvgIpc) is 2.40. The molecule has 0 saturated heterocycles. The van der Waals surface area contributed by atoms with E-state index in [-0.39, 0.29) is 17.2 Å². The molecule has 0 aliphatic carbocycles. The Morgan fingerprint density at radius 2 is 2.15 bits per heavy atom. The van der Waals surface area contributed by atoms with Crippen LogP contribution in [0.15, 0.2) is 29.1 Å². The van der Waals surface area contributed by atoms with Crippen LogP contribution >= 0.6 is 0 Å². The van der Waals surface area contributed by atoms with Crippen molar-refractivity contribution >= 4 is 0 Å². The molecule has 106 valence electrons. The fraction of sp³-hybridized carbons (Fsp3) is 0.286. The van der Waals surface area contributed by atoms with Crippen molar-refractivity contribution in [2.75, 3.05) is 7.11 Å². The number of aromatic amines is 1. The van der Waals surface area contributed by atoms with Gasteiger partial charge in [-0.25, -0.2) is 4.39 Å². The van der Waals surface area contributed by atoms with Crippen LogP contribution in [0.2, 0.25) is 0 Å². The van der Waals surface area contributed by atoms with Gasteiger partial charge in [0.25, 0.3) is 5.56 Å². The number of hydrogen-bond donors (Lipinski definition) is 2. The Labute approximate surface area is 115 Å². The van der Waals surface area contributed by atoms with Crippen LogP contribution in [-0.2, 0) is 11.2 Å². The Bertz CT molecular complexity index is 670. The Kier molecular flexibility index (Phi) is 4.14. The summed E-state index contributed by atoms with van der Waals surface area (Å²) in [4.78, 5) is 18.4. The van der Waals surface area contributed by atoms with Crippen molar-refractivity contribution < 1.29 is 14.2 Å². The minimum atomic E-state index is -0.590. The topological polar surface area (TPSA) is 75.2 Å². The van der Waals surface area contributed by atoms with E-state index < -0.39 is 17.3 Å². The van der Waals surface area contributed by atoms with Gasteiger partial charge in [-0.05, 0) is 13.0 Å². The van der Waals surface area contributed by atoms with Gasteiger partial charge in [-0.15, -0.1) is 0 Å². The molecular formula is C14H15FN2O3. The molecule has 0 radical (unpaired) electrons. The van der Waals surface area contributed by atoms with Crippen molar-refractivity contribution in [2.45, 2.75) is 19.4 Å². The van der Waals surface area contributed by atoms with Gasteiger partial charge in [0.05, 0.1) is 6.10 Å². The Balaban J connectivity index is 2.47. The van der Waals surface area contributed by atoms with Crippen molar-refractivity contribution in [2.24, 2.45) is 0 Å². The van der Waals surface area contributed by atoms with Gasteiger partial charge < -0.3 is 14.8 Å². The van der Waals surface area contributed by atoms with Gasteiger partial charge in [-0.3, -0.25) is 4.79 Å². The lowest BCUT2D eigenvalue weighted by molar-refractivity contribution is 0.117. The second-order valence-electron chi connectivity index (χ2n) is 4.44. The highest BCUT2D eigenvalue weighted by molar-refractivity contribution is 5.67. The lowest BCUT2D eigenvalue weighted by Crippen LogP contribution is -2.18. The van der Waals surface area contributed by atoms with Crippen LogP contribution in [0.25, 0.3) is 11.1 Å². The molecule has 0 saturated carbocycles. The molecule has 0 bridgehead atoms. The zero-order valence-corrected chi connectivity index (χ0v) is 11.2. The highest BCUT2D eigenvalue weighted by Gasteiger charge is 2.16. The fourth-order valence-corrected chi connectivity index (χ4v) is 1.87. The lowest BCUT2D eigenvalue weighted by atomic mass is 10.1. The van der Waals surface area contributed by atoms with Crippen molar-refractivity contribution in [3.8, 4) is 17.0 Å². The molecular weight excluding hydrogens is 263 g/mol. The highest BCUT2D eigenvalue weighted by atomic mass is 19.1. The third-order valence-corrected chi connectivity index (χ3v) is 2.98. The molecule has 6 heteroatoms. The van der Waals surface area contributed by atoms with E-state index in [1.807, 2.05) is 6.92 Å². The predicted octanol–water partition coefficient (Wildman–Crippen LogP) is 1.86. The van der Waals surface area contributed by atoms with E-state index in [1.165, 1.54) is 25.3 Å². The number of methoxy groups -OCH3 is 1. The number of nitrogens with zero attached hydrogens (tertiary/aromatic N) is 1. The maximum Gasteiger partial charge on any atom is 0.262 e. The fourth-order valence-electron chi connectivity index (χ4n) is 1.87. The molecule has 0 amide bonds. The molecule has 5 nitrogen and oxygen atoms in total. The minimum Gasteiger partial charge on any atom is -0.493 e. The van der Waals surface area contributed by atoms with Crippen LogP contribution in [0.1, 0.15) is 12.7 Å². The predicted molar refractivity (Wildman–Crippen MR) is 72.1 cm³/mol. The average molecular weight is 278 g/mol. The standard InChI is InChI=1S/C14H15FN2O3/c1-8(20-2)7-11-16-13(18)12(14(19)17-11)9-5-3-4-6-10(9)15/h3-6,8H,7H2,1-2H3,(H2,16,17,18,19). The van der Waals surface area contributed by atoms with Crippen molar-refractivity contribution in [1.29, 1.82) is 0 Å². The maximum atomic E-state index is 13.7. The first-order valence-corrected chi connectivity index (χ1v) is 6.12. The third kappa shape index (κ3) is 2.85. The van der Waals surface area contributed by atoms with E-state index in [9.17, 15) is 14.3 Å². The largest absolute Gasteiger partial charge is 0.493 e. The number of rotatable bonds is 4. The number of H-pyrrole nitrogens is 1. The summed E-state index contributed by atoms with van der Waals surface area (Å²) < 4.78 is 18.8. The Hall–Kier alpha value is -2.21. The van der Waals surface area contributed by atoms with Gasteiger partial charge in [0.15, 0.2) is 0 Å². The summed E-state index contributed by atoms with van der Waals surface area (Å²) in [5.41, 5.74) is -0.733. The summed E-state index contributed by atoms with van der Waals surface area (Å²) in [6.45, 7) is 1.81. The van der Waals surface area contributed by atoms with E-state index in [0.717, 1.165) is 0 Å². The van der Waals surface area contributed by atoms with Crippen molar-refractivity contribution in [1.82, 2.24) is 9.97 Å². The summed E-state index contributed by atoms with van der Waals surface area (Å²) in [7, 11) is 1.54. The van der Waals surface area contributed by atoms with Crippen LogP contribution < -0.4 is 5.56 Å². The summed E-state index contributed by atoms with van der Waals surface area (Å²) in [5, 5.41) is 9.90. The van der Waals surface area contributed by atoms with Gasteiger partial charge in [0.2, 0.25) is 5.88 Å². The molecule has 20 heavy (non-hydrogen) atoms. The molecule has 2 N–H and O–H groups in total. The number of ether oxygens (including phenoxy) is 1. The summed E-state index contributed by atoms with van der Waals surface area (Å²) >= 11 is 0. The van der Waals surface area contributed by atoms with Crippen molar-refractivity contribution in [3.05, 3.63) is 46.3 Å². The molecule has 0 aliphatic rings. The normalized spacial score (nSPS) is 12.3. The van der Waals surface area contributed by atoms with Gasteiger partial charge >= 0.3 is 0 Å². The smallest absolute Gasteiger partial charge is 0.262 e. The van der Waals surface area contributed by atoms with Gasteiger partial charge in [-0.1, -0.05) is 18.2 Å². The molecule has 0 aliphatic heterocycles.